The largest absolute Gasteiger partial charge is 0.479 e. The van der Waals surface area contributed by atoms with E-state index in [1.807, 2.05) is 12.3 Å². The van der Waals surface area contributed by atoms with Crippen molar-refractivity contribution < 1.29 is 9.47 Å². The molecule has 0 unspecified atom stereocenters. The number of aliphatic imine (C=N–C) groups is 1. The lowest BCUT2D eigenvalue weighted by molar-refractivity contribution is 0.136. The standard InChI is InChI=1S/C20H32ClN3O2/c1-23(2)10-5-8-19(21)18-7-3-4-9-20(22-17-18)26-16-13-24-11-6-14-25-15-12-24/h3,7-8,17H,4-6,9-16H2,1-2H3/b7-3-,18-17+,19-8?,22-20+. The van der Waals surface area contributed by atoms with Gasteiger partial charge >= 0.3 is 0 Å². The predicted molar refractivity (Wildman–Crippen MR) is 109 cm³/mol. The van der Waals surface area contributed by atoms with E-state index in [-0.39, 0.29) is 0 Å². The van der Waals surface area contributed by atoms with Crippen LogP contribution in [0.5, 0.6) is 0 Å². The van der Waals surface area contributed by atoms with Crippen molar-refractivity contribution in [2.24, 2.45) is 4.99 Å². The van der Waals surface area contributed by atoms with Crippen LogP contribution in [0.2, 0.25) is 0 Å². The molecule has 0 radical (unpaired) electrons. The van der Waals surface area contributed by atoms with E-state index >= 15 is 0 Å². The minimum Gasteiger partial charge on any atom is -0.479 e. The van der Waals surface area contributed by atoms with Gasteiger partial charge in [-0.1, -0.05) is 29.8 Å². The van der Waals surface area contributed by atoms with Crippen LogP contribution < -0.4 is 0 Å². The number of allylic oxidation sites excluding steroid dienone is 4. The van der Waals surface area contributed by atoms with E-state index in [1.165, 1.54) is 0 Å². The molecule has 0 amide bonds. The smallest absolute Gasteiger partial charge is 0.188 e. The van der Waals surface area contributed by atoms with E-state index in [9.17, 15) is 0 Å². The van der Waals surface area contributed by atoms with Gasteiger partial charge in [0.1, 0.15) is 6.61 Å². The summed E-state index contributed by atoms with van der Waals surface area (Å²) in [6.07, 6.45) is 11.8. The summed E-state index contributed by atoms with van der Waals surface area (Å²) in [4.78, 5) is 9.07. The van der Waals surface area contributed by atoms with Gasteiger partial charge in [-0.05, 0) is 33.4 Å². The monoisotopic (exact) mass is 381 g/mol. The minimum atomic E-state index is 0.665. The fourth-order valence-corrected chi connectivity index (χ4v) is 3.02. The summed E-state index contributed by atoms with van der Waals surface area (Å²) in [7, 11) is 4.12. The second-order valence-electron chi connectivity index (χ2n) is 6.85. The topological polar surface area (TPSA) is 37.3 Å². The van der Waals surface area contributed by atoms with Crippen molar-refractivity contribution in [1.82, 2.24) is 9.80 Å². The van der Waals surface area contributed by atoms with Gasteiger partial charge in [-0.25, -0.2) is 4.99 Å². The highest BCUT2D eigenvalue weighted by atomic mass is 35.5. The summed E-state index contributed by atoms with van der Waals surface area (Å²) >= 11 is 6.43. The van der Waals surface area contributed by atoms with Crippen molar-refractivity contribution >= 4 is 17.5 Å². The number of hydrogen-bond donors (Lipinski definition) is 0. The second kappa shape index (κ2) is 12.3. The Kier molecular flexibility index (Phi) is 10.00. The van der Waals surface area contributed by atoms with E-state index in [2.05, 4.69) is 41.0 Å². The van der Waals surface area contributed by atoms with Gasteiger partial charge in [-0.3, -0.25) is 4.90 Å². The molecule has 0 aromatic heterocycles. The van der Waals surface area contributed by atoms with Crippen LogP contribution >= 0.6 is 11.6 Å². The Hall–Kier alpha value is -1.14. The SMILES string of the molecule is CN(C)CCC=C(Cl)C1=C/N=C(/OCCN2CCCOCC2)CC/C=C\1. The summed E-state index contributed by atoms with van der Waals surface area (Å²) in [6.45, 7) is 6.31. The van der Waals surface area contributed by atoms with Gasteiger partial charge in [-0.15, -0.1) is 0 Å². The van der Waals surface area contributed by atoms with Crippen LogP contribution in [0.1, 0.15) is 25.7 Å². The van der Waals surface area contributed by atoms with Crippen molar-refractivity contribution in [1.29, 1.82) is 0 Å². The Bertz CT molecular complexity index is 533. The number of rotatable bonds is 7. The van der Waals surface area contributed by atoms with Crippen molar-refractivity contribution in [2.75, 3.05) is 60.1 Å². The number of ether oxygens (including phenoxy) is 2. The molecule has 0 atom stereocenters. The third-order valence-electron chi connectivity index (χ3n) is 4.34. The third kappa shape index (κ3) is 8.49. The molecule has 1 fully saturated rings. The highest BCUT2D eigenvalue weighted by molar-refractivity contribution is 6.32. The maximum absolute atomic E-state index is 6.43. The van der Waals surface area contributed by atoms with Gasteiger partial charge in [-0.2, -0.15) is 0 Å². The van der Waals surface area contributed by atoms with E-state index < -0.39 is 0 Å². The van der Waals surface area contributed by atoms with Gasteiger partial charge in [0.2, 0.25) is 0 Å². The van der Waals surface area contributed by atoms with Gasteiger partial charge in [0, 0.05) is 56.0 Å². The van der Waals surface area contributed by atoms with Crippen LogP contribution in [0, 0.1) is 0 Å². The molecule has 5 nitrogen and oxygen atoms in total. The molecule has 0 aromatic rings. The summed E-state index contributed by atoms with van der Waals surface area (Å²) < 4.78 is 11.4. The molecule has 2 heterocycles. The summed E-state index contributed by atoms with van der Waals surface area (Å²) in [6, 6.07) is 0. The van der Waals surface area contributed by atoms with Crippen molar-refractivity contribution in [3.05, 3.63) is 35.0 Å². The molecule has 146 valence electrons. The van der Waals surface area contributed by atoms with Crippen LogP contribution in [0.25, 0.3) is 0 Å². The molecule has 6 heteroatoms. The van der Waals surface area contributed by atoms with Crippen molar-refractivity contribution in [2.45, 2.75) is 25.7 Å². The molecule has 26 heavy (non-hydrogen) atoms. The quantitative estimate of drug-likeness (QED) is 0.677. The average Bonchev–Trinajstić information content (AvgIpc) is 2.85. The predicted octanol–water partition coefficient (Wildman–Crippen LogP) is 3.43. The van der Waals surface area contributed by atoms with Gasteiger partial charge < -0.3 is 14.4 Å². The normalized spacial score (nSPS) is 25.5. The van der Waals surface area contributed by atoms with Crippen LogP contribution in [-0.2, 0) is 9.47 Å². The van der Waals surface area contributed by atoms with Crippen LogP contribution in [0.3, 0.4) is 0 Å². The highest BCUT2D eigenvalue weighted by Crippen LogP contribution is 2.19. The number of nitrogens with zero attached hydrogens (tertiary/aromatic N) is 3. The first-order valence-corrected chi connectivity index (χ1v) is 9.90. The maximum Gasteiger partial charge on any atom is 0.188 e. The lowest BCUT2D eigenvalue weighted by Crippen LogP contribution is -2.30. The Labute approximate surface area is 163 Å². The Morgan fingerprint density at radius 2 is 2.27 bits per heavy atom. The Balaban J connectivity index is 1.84. The fourth-order valence-electron chi connectivity index (χ4n) is 2.80. The second-order valence-corrected chi connectivity index (χ2v) is 7.26. The zero-order chi connectivity index (χ0) is 18.6. The first-order chi connectivity index (χ1) is 12.6. The van der Waals surface area contributed by atoms with Gasteiger partial charge in [0.15, 0.2) is 5.90 Å². The minimum absolute atomic E-state index is 0.665. The molecular formula is C20H32ClN3O2. The zero-order valence-corrected chi connectivity index (χ0v) is 16.9. The fraction of sp³-hybridized carbons (Fsp3) is 0.650. The number of hydrogen-bond acceptors (Lipinski definition) is 5. The number of halogens is 1. The molecule has 0 bridgehead atoms. The lowest BCUT2D eigenvalue weighted by atomic mass is 10.1. The average molecular weight is 382 g/mol. The van der Waals surface area contributed by atoms with E-state index in [0.29, 0.717) is 6.61 Å². The Morgan fingerprint density at radius 1 is 1.38 bits per heavy atom. The van der Waals surface area contributed by atoms with E-state index in [0.717, 1.165) is 81.6 Å². The van der Waals surface area contributed by atoms with Gasteiger partial charge in [0.05, 0.1) is 6.61 Å². The molecule has 0 aromatic carbocycles. The van der Waals surface area contributed by atoms with Crippen LogP contribution in [0.4, 0.5) is 0 Å². The van der Waals surface area contributed by atoms with Gasteiger partial charge in [0.25, 0.3) is 0 Å². The summed E-state index contributed by atoms with van der Waals surface area (Å²) in [5.41, 5.74) is 0.941. The molecule has 0 spiro atoms. The molecule has 2 aliphatic rings. The van der Waals surface area contributed by atoms with Crippen molar-refractivity contribution in [3.63, 3.8) is 0 Å². The van der Waals surface area contributed by atoms with E-state index in [1.54, 1.807) is 0 Å². The molecule has 0 saturated carbocycles. The van der Waals surface area contributed by atoms with E-state index in [4.69, 9.17) is 21.1 Å². The Morgan fingerprint density at radius 3 is 3.12 bits per heavy atom. The summed E-state index contributed by atoms with van der Waals surface area (Å²) in [5, 5.41) is 0.748. The lowest BCUT2D eigenvalue weighted by Gasteiger charge is -2.19. The molecule has 0 N–H and O–H groups in total. The molecule has 0 aliphatic carbocycles. The van der Waals surface area contributed by atoms with Crippen LogP contribution in [0.15, 0.2) is 40.0 Å². The molecular weight excluding hydrogens is 350 g/mol. The first-order valence-electron chi connectivity index (χ1n) is 9.52. The molecule has 2 rings (SSSR count). The molecule has 1 saturated heterocycles. The summed E-state index contributed by atoms with van der Waals surface area (Å²) in [5.74, 6) is 0.788. The third-order valence-corrected chi connectivity index (χ3v) is 4.71. The highest BCUT2D eigenvalue weighted by Gasteiger charge is 2.10. The molecule has 2 aliphatic heterocycles. The maximum atomic E-state index is 6.43. The zero-order valence-electron chi connectivity index (χ0n) is 16.1. The first kappa shape index (κ1) is 21.2. The van der Waals surface area contributed by atoms with Crippen molar-refractivity contribution in [3.8, 4) is 0 Å². The van der Waals surface area contributed by atoms with Crippen LogP contribution in [-0.4, -0.2) is 75.8 Å².